The number of thiophene rings is 1. The van der Waals surface area contributed by atoms with E-state index in [0.29, 0.717) is 15.4 Å². The Hall–Kier alpha value is -2.12. The number of fused-ring (bicyclic) bond motifs is 1. The quantitative estimate of drug-likeness (QED) is 0.499. The molecule has 0 spiro atoms. The van der Waals surface area contributed by atoms with Crippen molar-refractivity contribution in [2.45, 2.75) is 45.3 Å². The monoisotopic (exact) mass is 401 g/mol. The Kier molecular flexibility index (Phi) is 6.01. The van der Waals surface area contributed by atoms with Gasteiger partial charge in [-0.1, -0.05) is 30.8 Å². The number of aromatic nitrogens is 2. The summed E-state index contributed by atoms with van der Waals surface area (Å²) in [6, 6.07) is 7.86. The molecule has 0 aliphatic rings. The molecule has 0 saturated heterocycles. The Balaban J connectivity index is 2.05. The fourth-order valence-electron chi connectivity index (χ4n) is 2.73. The molecule has 0 radical (unpaired) electrons. The molecule has 5 nitrogen and oxygen atoms in total. The van der Waals surface area contributed by atoms with E-state index in [1.165, 1.54) is 23.1 Å². The molecular weight excluding hydrogens is 378 g/mol. The van der Waals surface area contributed by atoms with Crippen LogP contribution in [0.2, 0.25) is 0 Å². The average Bonchev–Trinajstić information content (AvgIpc) is 3.12. The Labute approximate surface area is 166 Å². The normalized spacial score (nSPS) is 12.3. The first kappa shape index (κ1) is 19.6. The Morgan fingerprint density at radius 2 is 2.11 bits per heavy atom. The highest BCUT2D eigenvalue weighted by Gasteiger charge is 2.17. The summed E-state index contributed by atoms with van der Waals surface area (Å²) in [5.41, 5.74) is 3.54. The lowest BCUT2D eigenvalue weighted by Crippen LogP contribution is -2.33. The third-order valence-electron chi connectivity index (χ3n) is 4.62. The van der Waals surface area contributed by atoms with E-state index in [2.05, 4.69) is 10.3 Å². The maximum absolute atomic E-state index is 13.2. The fourth-order valence-corrected chi connectivity index (χ4v) is 4.30. The minimum absolute atomic E-state index is 0.0541. The number of carbonyl (C=O) groups excluding carboxylic acids is 1. The summed E-state index contributed by atoms with van der Waals surface area (Å²) < 4.78 is 2.27. The van der Waals surface area contributed by atoms with Gasteiger partial charge in [-0.3, -0.25) is 14.2 Å². The van der Waals surface area contributed by atoms with E-state index in [1.807, 2.05) is 57.3 Å². The summed E-state index contributed by atoms with van der Waals surface area (Å²) in [5, 5.41) is 5.37. The molecule has 0 aliphatic carbocycles. The minimum atomic E-state index is -0.0893. The molecule has 0 saturated carbocycles. The second-order valence-corrected chi connectivity index (χ2v) is 8.41. The van der Waals surface area contributed by atoms with Crippen molar-refractivity contribution < 1.29 is 4.79 Å². The summed E-state index contributed by atoms with van der Waals surface area (Å²) in [4.78, 5) is 30.0. The van der Waals surface area contributed by atoms with Crippen LogP contribution >= 0.6 is 23.1 Å². The number of carbonyl (C=O) groups is 1. The maximum Gasteiger partial charge on any atom is 0.276 e. The van der Waals surface area contributed by atoms with E-state index in [1.54, 1.807) is 4.57 Å². The van der Waals surface area contributed by atoms with Crippen LogP contribution in [0.5, 0.6) is 0 Å². The third kappa shape index (κ3) is 4.09. The van der Waals surface area contributed by atoms with E-state index in [-0.39, 0.29) is 23.3 Å². The highest BCUT2D eigenvalue weighted by Crippen LogP contribution is 2.26. The lowest BCUT2D eigenvalue weighted by Gasteiger charge is -2.16. The molecule has 0 bridgehead atoms. The van der Waals surface area contributed by atoms with Gasteiger partial charge in [0.1, 0.15) is 4.70 Å². The molecule has 27 heavy (non-hydrogen) atoms. The van der Waals surface area contributed by atoms with Gasteiger partial charge < -0.3 is 5.32 Å². The number of hydrogen-bond acceptors (Lipinski definition) is 5. The van der Waals surface area contributed by atoms with Crippen LogP contribution in [-0.2, 0) is 4.79 Å². The van der Waals surface area contributed by atoms with Gasteiger partial charge in [0, 0.05) is 6.04 Å². The van der Waals surface area contributed by atoms with Gasteiger partial charge in [-0.05, 0) is 55.8 Å². The maximum atomic E-state index is 13.2. The van der Waals surface area contributed by atoms with Crippen molar-refractivity contribution in [3.05, 3.63) is 51.1 Å². The van der Waals surface area contributed by atoms with Crippen molar-refractivity contribution in [1.29, 1.82) is 0 Å². The number of hydrogen-bond donors (Lipinski definition) is 1. The number of thioether (sulfide) groups is 1. The molecule has 7 heteroatoms. The highest BCUT2D eigenvalue weighted by atomic mass is 32.2. The van der Waals surface area contributed by atoms with Crippen molar-refractivity contribution in [2.75, 3.05) is 5.75 Å². The van der Waals surface area contributed by atoms with Crippen LogP contribution in [0.3, 0.4) is 0 Å². The molecule has 142 valence electrons. The first-order valence-corrected chi connectivity index (χ1v) is 10.8. The number of rotatable bonds is 6. The van der Waals surface area contributed by atoms with Crippen LogP contribution in [0, 0.1) is 13.8 Å². The van der Waals surface area contributed by atoms with E-state index in [4.69, 9.17) is 0 Å². The summed E-state index contributed by atoms with van der Waals surface area (Å²) >= 11 is 2.69. The predicted octanol–water partition coefficient (Wildman–Crippen LogP) is 4.07. The number of benzene rings is 1. The molecule has 1 amide bonds. The summed E-state index contributed by atoms with van der Waals surface area (Å²) in [5.74, 6) is 0.165. The van der Waals surface area contributed by atoms with E-state index in [9.17, 15) is 9.59 Å². The smallest absolute Gasteiger partial charge is 0.276 e. The van der Waals surface area contributed by atoms with Crippen LogP contribution in [0.4, 0.5) is 0 Å². The molecule has 1 N–H and O–H groups in total. The topological polar surface area (TPSA) is 64.0 Å². The SMILES string of the molecule is CC[C@H](C)NC(=O)CSc1nc2ccsc2c(=O)n1-c1cccc(C)c1C. The average molecular weight is 402 g/mol. The van der Waals surface area contributed by atoms with Gasteiger partial charge in [-0.25, -0.2) is 4.98 Å². The van der Waals surface area contributed by atoms with Crippen molar-refractivity contribution in [2.24, 2.45) is 0 Å². The largest absolute Gasteiger partial charge is 0.353 e. The zero-order valence-corrected chi connectivity index (χ0v) is 17.5. The van der Waals surface area contributed by atoms with E-state index in [0.717, 1.165) is 23.2 Å². The second-order valence-electron chi connectivity index (χ2n) is 6.55. The first-order chi connectivity index (χ1) is 12.9. The molecule has 2 heterocycles. The van der Waals surface area contributed by atoms with Crippen molar-refractivity contribution in [3.63, 3.8) is 0 Å². The van der Waals surface area contributed by atoms with Gasteiger partial charge in [0.15, 0.2) is 5.16 Å². The van der Waals surface area contributed by atoms with Gasteiger partial charge in [0.05, 0.1) is 17.0 Å². The fraction of sp³-hybridized carbons (Fsp3) is 0.350. The van der Waals surface area contributed by atoms with Crippen molar-refractivity contribution in [3.8, 4) is 5.69 Å². The van der Waals surface area contributed by atoms with Gasteiger partial charge in [-0.2, -0.15) is 0 Å². The molecular formula is C20H23N3O2S2. The zero-order chi connectivity index (χ0) is 19.6. The predicted molar refractivity (Wildman–Crippen MR) is 113 cm³/mol. The molecule has 1 atom stereocenters. The lowest BCUT2D eigenvalue weighted by molar-refractivity contribution is -0.119. The number of aryl methyl sites for hydroxylation is 1. The standard InChI is InChI=1S/C20H23N3O2S2/c1-5-13(3)21-17(24)11-27-20-22-15-9-10-26-18(15)19(25)23(20)16-8-6-7-12(2)14(16)4/h6-10,13H,5,11H2,1-4H3,(H,21,24)/t13-/m0/s1. The molecule has 0 fully saturated rings. The molecule has 0 unspecified atom stereocenters. The molecule has 1 aromatic carbocycles. The number of amides is 1. The molecule has 3 aromatic rings. The first-order valence-electron chi connectivity index (χ1n) is 8.91. The minimum Gasteiger partial charge on any atom is -0.353 e. The Morgan fingerprint density at radius 1 is 1.33 bits per heavy atom. The number of nitrogens with zero attached hydrogens (tertiary/aromatic N) is 2. The van der Waals surface area contributed by atoms with Crippen LogP contribution in [0.1, 0.15) is 31.4 Å². The third-order valence-corrected chi connectivity index (χ3v) is 6.45. The molecule has 0 aliphatic heterocycles. The Bertz CT molecular complexity index is 1040. The number of nitrogens with one attached hydrogen (secondary N) is 1. The van der Waals surface area contributed by atoms with E-state index < -0.39 is 0 Å². The van der Waals surface area contributed by atoms with Gasteiger partial charge in [0.2, 0.25) is 5.91 Å². The van der Waals surface area contributed by atoms with Crippen molar-refractivity contribution in [1.82, 2.24) is 14.9 Å². The van der Waals surface area contributed by atoms with Crippen LogP contribution < -0.4 is 10.9 Å². The lowest BCUT2D eigenvalue weighted by atomic mass is 10.1. The van der Waals surface area contributed by atoms with Gasteiger partial charge in [-0.15, -0.1) is 11.3 Å². The van der Waals surface area contributed by atoms with Crippen molar-refractivity contribution >= 4 is 39.2 Å². The van der Waals surface area contributed by atoms with Crippen LogP contribution in [0.15, 0.2) is 39.6 Å². The highest BCUT2D eigenvalue weighted by molar-refractivity contribution is 7.99. The summed E-state index contributed by atoms with van der Waals surface area (Å²) in [6.07, 6.45) is 0.878. The zero-order valence-electron chi connectivity index (χ0n) is 15.9. The molecule has 2 aromatic heterocycles. The van der Waals surface area contributed by atoms with Gasteiger partial charge >= 0.3 is 0 Å². The summed E-state index contributed by atoms with van der Waals surface area (Å²) in [6.45, 7) is 8.03. The summed E-state index contributed by atoms with van der Waals surface area (Å²) in [7, 11) is 0. The van der Waals surface area contributed by atoms with Crippen LogP contribution in [-0.4, -0.2) is 27.3 Å². The Morgan fingerprint density at radius 3 is 2.85 bits per heavy atom. The molecule has 3 rings (SSSR count). The van der Waals surface area contributed by atoms with Crippen LogP contribution in [0.25, 0.3) is 15.9 Å². The second kappa shape index (κ2) is 8.27. The van der Waals surface area contributed by atoms with Gasteiger partial charge in [0.25, 0.3) is 5.56 Å². The van der Waals surface area contributed by atoms with E-state index >= 15 is 0 Å².